The third kappa shape index (κ3) is 5.66. The largest absolute Gasteiger partial charge is 0.345 e. The molecule has 1 N–H and O–H groups in total. The van der Waals surface area contributed by atoms with E-state index in [1.807, 2.05) is 24.8 Å². The van der Waals surface area contributed by atoms with E-state index in [1.54, 1.807) is 6.92 Å². The Labute approximate surface area is 145 Å². The molecule has 1 saturated heterocycles. The van der Waals surface area contributed by atoms with Crippen LogP contribution in [0.1, 0.15) is 45.6 Å². The SMILES string of the molecule is CC(C)CC(=O)N[C@@H](C)C(=O)N1CCC(Cc2ccccc2)CC1. The van der Waals surface area contributed by atoms with Crippen molar-refractivity contribution in [2.45, 2.75) is 52.5 Å². The smallest absolute Gasteiger partial charge is 0.244 e. The van der Waals surface area contributed by atoms with Crippen LogP contribution in [0.4, 0.5) is 0 Å². The van der Waals surface area contributed by atoms with Gasteiger partial charge in [-0.3, -0.25) is 9.59 Å². The Morgan fingerprint density at radius 2 is 1.75 bits per heavy atom. The molecule has 1 heterocycles. The van der Waals surface area contributed by atoms with Crippen LogP contribution >= 0.6 is 0 Å². The molecule has 4 nitrogen and oxygen atoms in total. The molecule has 132 valence electrons. The number of hydrogen-bond donors (Lipinski definition) is 1. The topological polar surface area (TPSA) is 49.4 Å². The third-order valence-electron chi connectivity index (χ3n) is 4.63. The summed E-state index contributed by atoms with van der Waals surface area (Å²) in [5.74, 6) is 0.957. The summed E-state index contributed by atoms with van der Waals surface area (Å²) in [5.41, 5.74) is 1.37. The molecule has 0 unspecified atom stereocenters. The van der Waals surface area contributed by atoms with Gasteiger partial charge in [0.1, 0.15) is 6.04 Å². The normalized spacial score (nSPS) is 16.9. The summed E-state index contributed by atoms with van der Waals surface area (Å²) >= 11 is 0. The standard InChI is InChI=1S/C20H30N2O2/c1-15(2)13-19(23)21-16(3)20(24)22-11-9-18(10-12-22)14-17-7-5-4-6-8-17/h4-8,15-16,18H,9-14H2,1-3H3,(H,21,23)/t16-/m0/s1. The Kier molecular flexibility index (Phi) is 6.83. The van der Waals surface area contributed by atoms with Crippen molar-refractivity contribution in [2.24, 2.45) is 11.8 Å². The van der Waals surface area contributed by atoms with Gasteiger partial charge in [-0.25, -0.2) is 0 Å². The van der Waals surface area contributed by atoms with Crippen LogP contribution in [0.15, 0.2) is 30.3 Å². The lowest BCUT2D eigenvalue weighted by atomic mass is 9.90. The second-order valence-corrected chi connectivity index (χ2v) is 7.35. The van der Waals surface area contributed by atoms with Crippen molar-refractivity contribution in [2.75, 3.05) is 13.1 Å². The van der Waals surface area contributed by atoms with Gasteiger partial charge in [-0.1, -0.05) is 44.2 Å². The molecule has 1 fully saturated rings. The van der Waals surface area contributed by atoms with Gasteiger partial charge < -0.3 is 10.2 Å². The van der Waals surface area contributed by atoms with Gasteiger partial charge in [-0.15, -0.1) is 0 Å². The van der Waals surface area contributed by atoms with E-state index >= 15 is 0 Å². The van der Waals surface area contributed by atoms with Gasteiger partial charge in [0, 0.05) is 19.5 Å². The first-order valence-electron chi connectivity index (χ1n) is 9.07. The Hall–Kier alpha value is -1.84. The quantitative estimate of drug-likeness (QED) is 0.871. The van der Waals surface area contributed by atoms with Crippen molar-refractivity contribution in [3.8, 4) is 0 Å². The molecule has 1 aromatic rings. The summed E-state index contributed by atoms with van der Waals surface area (Å²) in [6.07, 6.45) is 3.63. The molecule has 1 atom stereocenters. The number of nitrogens with one attached hydrogen (secondary N) is 1. The van der Waals surface area contributed by atoms with E-state index in [2.05, 4.69) is 29.6 Å². The highest BCUT2D eigenvalue weighted by Gasteiger charge is 2.26. The molecule has 2 amide bonds. The summed E-state index contributed by atoms with van der Waals surface area (Å²) in [6.45, 7) is 7.38. The number of carbonyl (C=O) groups is 2. The molecule has 1 aromatic carbocycles. The van der Waals surface area contributed by atoms with E-state index in [0.29, 0.717) is 18.3 Å². The third-order valence-corrected chi connectivity index (χ3v) is 4.63. The van der Waals surface area contributed by atoms with Crippen molar-refractivity contribution in [3.05, 3.63) is 35.9 Å². The molecule has 0 aliphatic carbocycles. The minimum atomic E-state index is -0.429. The first-order valence-corrected chi connectivity index (χ1v) is 9.07. The molecular formula is C20H30N2O2. The fraction of sp³-hybridized carbons (Fsp3) is 0.600. The zero-order chi connectivity index (χ0) is 17.5. The fourth-order valence-corrected chi connectivity index (χ4v) is 3.31. The molecule has 4 heteroatoms. The average Bonchev–Trinajstić information content (AvgIpc) is 2.55. The van der Waals surface area contributed by atoms with Crippen LogP contribution in [-0.2, 0) is 16.0 Å². The maximum atomic E-state index is 12.5. The maximum absolute atomic E-state index is 12.5. The summed E-state index contributed by atoms with van der Waals surface area (Å²) < 4.78 is 0. The van der Waals surface area contributed by atoms with Crippen LogP contribution in [-0.4, -0.2) is 35.8 Å². The molecule has 0 saturated carbocycles. The molecule has 2 rings (SSSR count). The number of benzene rings is 1. The molecule has 0 radical (unpaired) electrons. The number of piperidine rings is 1. The highest BCUT2D eigenvalue weighted by atomic mass is 16.2. The van der Waals surface area contributed by atoms with Crippen LogP contribution in [0.3, 0.4) is 0 Å². The van der Waals surface area contributed by atoms with Crippen LogP contribution in [0.25, 0.3) is 0 Å². The zero-order valence-electron chi connectivity index (χ0n) is 15.1. The molecule has 0 bridgehead atoms. The van der Waals surface area contributed by atoms with E-state index in [9.17, 15) is 9.59 Å². The molecule has 0 spiro atoms. The van der Waals surface area contributed by atoms with Crippen molar-refractivity contribution >= 4 is 11.8 Å². The van der Waals surface area contributed by atoms with Crippen molar-refractivity contribution in [1.29, 1.82) is 0 Å². The summed E-state index contributed by atoms with van der Waals surface area (Å²) in [4.78, 5) is 26.2. The number of amides is 2. The van der Waals surface area contributed by atoms with E-state index in [4.69, 9.17) is 0 Å². The molecule has 0 aromatic heterocycles. The Morgan fingerprint density at radius 1 is 1.12 bits per heavy atom. The minimum Gasteiger partial charge on any atom is -0.345 e. The van der Waals surface area contributed by atoms with E-state index in [-0.39, 0.29) is 11.8 Å². The van der Waals surface area contributed by atoms with Gasteiger partial charge >= 0.3 is 0 Å². The second kappa shape index (κ2) is 8.86. The van der Waals surface area contributed by atoms with Gasteiger partial charge in [0.15, 0.2) is 0 Å². The minimum absolute atomic E-state index is 0.0372. The van der Waals surface area contributed by atoms with Crippen LogP contribution in [0.2, 0.25) is 0 Å². The number of nitrogens with zero attached hydrogens (tertiary/aromatic N) is 1. The maximum Gasteiger partial charge on any atom is 0.244 e. The van der Waals surface area contributed by atoms with E-state index < -0.39 is 6.04 Å². The predicted molar refractivity (Wildman–Crippen MR) is 96.5 cm³/mol. The fourth-order valence-electron chi connectivity index (χ4n) is 3.31. The lowest BCUT2D eigenvalue weighted by Crippen LogP contribution is -2.49. The highest BCUT2D eigenvalue weighted by Crippen LogP contribution is 2.22. The molecule has 1 aliphatic heterocycles. The van der Waals surface area contributed by atoms with Crippen LogP contribution in [0.5, 0.6) is 0 Å². The summed E-state index contributed by atoms with van der Waals surface area (Å²) in [7, 11) is 0. The van der Waals surface area contributed by atoms with E-state index in [0.717, 1.165) is 32.4 Å². The summed E-state index contributed by atoms with van der Waals surface area (Å²) in [5, 5.41) is 2.83. The van der Waals surface area contributed by atoms with Crippen molar-refractivity contribution in [3.63, 3.8) is 0 Å². The van der Waals surface area contributed by atoms with Crippen molar-refractivity contribution in [1.82, 2.24) is 10.2 Å². The first-order chi connectivity index (χ1) is 11.5. The Morgan fingerprint density at radius 3 is 2.33 bits per heavy atom. The highest BCUT2D eigenvalue weighted by molar-refractivity contribution is 5.87. The van der Waals surface area contributed by atoms with Gasteiger partial charge in [0.25, 0.3) is 0 Å². The van der Waals surface area contributed by atoms with Gasteiger partial charge in [0.05, 0.1) is 0 Å². The zero-order valence-corrected chi connectivity index (χ0v) is 15.1. The second-order valence-electron chi connectivity index (χ2n) is 7.35. The van der Waals surface area contributed by atoms with Gasteiger partial charge in [0.2, 0.25) is 11.8 Å². The average molecular weight is 330 g/mol. The Balaban J connectivity index is 1.76. The summed E-state index contributed by atoms with van der Waals surface area (Å²) in [6, 6.07) is 10.1. The number of rotatable bonds is 6. The number of carbonyl (C=O) groups excluding carboxylic acids is 2. The lowest BCUT2D eigenvalue weighted by molar-refractivity contribution is -0.137. The Bertz CT molecular complexity index is 534. The predicted octanol–water partition coefficient (Wildman–Crippen LogP) is 3.02. The van der Waals surface area contributed by atoms with Crippen LogP contribution in [0, 0.1) is 11.8 Å². The monoisotopic (exact) mass is 330 g/mol. The molecular weight excluding hydrogens is 300 g/mol. The lowest BCUT2D eigenvalue weighted by Gasteiger charge is -2.33. The van der Waals surface area contributed by atoms with Crippen molar-refractivity contribution < 1.29 is 9.59 Å². The molecule has 24 heavy (non-hydrogen) atoms. The van der Waals surface area contributed by atoms with Gasteiger partial charge in [-0.05, 0) is 43.6 Å². The van der Waals surface area contributed by atoms with E-state index in [1.165, 1.54) is 5.56 Å². The first kappa shape index (κ1) is 18.5. The number of likely N-dealkylation sites (tertiary alicyclic amines) is 1. The number of hydrogen-bond acceptors (Lipinski definition) is 2. The molecule has 1 aliphatic rings. The van der Waals surface area contributed by atoms with Crippen LogP contribution < -0.4 is 5.32 Å². The van der Waals surface area contributed by atoms with Gasteiger partial charge in [-0.2, -0.15) is 0 Å².